The van der Waals surface area contributed by atoms with Gasteiger partial charge in [0.05, 0.1) is 6.04 Å². The fraction of sp³-hybridized carbons (Fsp3) is 0.474. The van der Waals surface area contributed by atoms with E-state index in [0.29, 0.717) is 48.9 Å². The minimum absolute atomic E-state index is 0.173. The number of rotatable bonds is 5. The van der Waals surface area contributed by atoms with Crippen LogP contribution >= 0.6 is 11.8 Å². The van der Waals surface area contributed by atoms with Crippen molar-refractivity contribution in [2.75, 3.05) is 13.1 Å². The molecule has 1 unspecified atom stereocenters. The van der Waals surface area contributed by atoms with Gasteiger partial charge in [0.2, 0.25) is 5.91 Å². The van der Waals surface area contributed by atoms with Gasteiger partial charge in [0, 0.05) is 17.9 Å². The van der Waals surface area contributed by atoms with Gasteiger partial charge in [-0.15, -0.1) is 5.10 Å². The number of carbonyl (C=O) groups excluding carboxylic acids is 2. The summed E-state index contributed by atoms with van der Waals surface area (Å²) >= 11 is 1.33. The molecule has 9 heteroatoms. The van der Waals surface area contributed by atoms with Crippen molar-refractivity contribution in [3.63, 3.8) is 0 Å². The number of likely N-dealkylation sites (tertiary alicyclic amines) is 1. The lowest BCUT2D eigenvalue weighted by molar-refractivity contribution is -0.123. The third-order valence-corrected chi connectivity index (χ3v) is 6.65. The van der Waals surface area contributed by atoms with Crippen LogP contribution < -0.4 is 5.73 Å². The molecule has 1 fully saturated rings. The predicted molar refractivity (Wildman–Crippen MR) is 102 cm³/mol. The molecule has 2 aliphatic heterocycles. The third-order valence-electron chi connectivity index (χ3n) is 5.46. The SMILES string of the molecule is CCc1nc2n(n1)C(=O)C([C@@H](c1ccccc1F)N1CCC(C(N)=O)CC1)S2. The Balaban J connectivity index is 1.65. The van der Waals surface area contributed by atoms with Crippen molar-refractivity contribution in [1.82, 2.24) is 19.7 Å². The molecular formula is C19H22FN5O2S. The van der Waals surface area contributed by atoms with E-state index in [1.165, 1.54) is 22.5 Å². The van der Waals surface area contributed by atoms with Crippen LogP contribution in [0.3, 0.4) is 0 Å². The van der Waals surface area contributed by atoms with E-state index < -0.39 is 11.3 Å². The molecule has 3 heterocycles. The maximum atomic E-state index is 14.7. The van der Waals surface area contributed by atoms with Crippen LogP contribution in [0.15, 0.2) is 29.4 Å². The summed E-state index contributed by atoms with van der Waals surface area (Å²) in [6.45, 7) is 3.09. The lowest BCUT2D eigenvalue weighted by atomic mass is 9.92. The Labute approximate surface area is 166 Å². The largest absolute Gasteiger partial charge is 0.369 e. The first kappa shape index (κ1) is 19.1. The third kappa shape index (κ3) is 3.33. The predicted octanol–water partition coefficient (Wildman–Crippen LogP) is 2.03. The Morgan fingerprint density at radius 3 is 2.68 bits per heavy atom. The number of hydrogen-bond donors (Lipinski definition) is 1. The first-order valence-electron chi connectivity index (χ1n) is 9.44. The summed E-state index contributed by atoms with van der Waals surface area (Å²) in [5.74, 6) is -0.375. The molecule has 0 saturated carbocycles. The summed E-state index contributed by atoms with van der Waals surface area (Å²) in [4.78, 5) is 31.1. The molecule has 4 rings (SSSR count). The quantitative estimate of drug-likeness (QED) is 0.821. The summed E-state index contributed by atoms with van der Waals surface area (Å²) in [5, 5.41) is 4.30. The van der Waals surface area contributed by atoms with E-state index in [9.17, 15) is 14.0 Å². The maximum Gasteiger partial charge on any atom is 0.264 e. The highest BCUT2D eigenvalue weighted by Crippen LogP contribution is 2.42. The fourth-order valence-electron chi connectivity index (χ4n) is 3.92. The van der Waals surface area contributed by atoms with Gasteiger partial charge >= 0.3 is 0 Å². The molecule has 1 amide bonds. The van der Waals surface area contributed by atoms with Crippen LogP contribution in [0.1, 0.15) is 42.0 Å². The van der Waals surface area contributed by atoms with E-state index >= 15 is 0 Å². The summed E-state index contributed by atoms with van der Waals surface area (Å²) in [5.41, 5.74) is 5.92. The van der Waals surface area contributed by atoms with Gasteiger partial charge in [-0.1, -0.05) is 36.9 Å². The van der Waals surface area contributed by atoms with Crippen LogP contribution in [-0.2, 0) is 11.2 Å². The number of hydrogen-bond acceptors (Lipinski definition) is 6. The topological polar surface area (TPSA) is 94.1 Å². The number of amides is 1. The lowest BCUT2D eigenvalue weighted by Crippen LogP contribution is -2.45. The smallest absolute Gasteiger partial charge is 0.264 e. The van der Waals surface area contributed by atoms with Gasteiger partial charge < -0.3 is 5.73 Å². The number of fused-ring (bicyclic) bond motifs is 1. The number of thioether (sulfide) groups is 1. The minimum Gasteiger partial charge on any atom is -0.369 e. The molecule has 0 bridgehead atoms. The number of carbonyl (C=O) groups is 2. The van der Waals surface area contributed by atoms with Crippen molar-refractivity contribution in [1.29, 1.82) is 0 Å². The van der Waals surface area contributed by atoms with Gasteiger partial charge in [-0.3, -0.25) is 14.5 Å². The zero-order valence-electron chi connectivity index (χ0n) is 15.5. The lowest BCUT2D eigenvalue weighted by Gasteiger charge is -2.38. The van der Waals surface area contributed by atoms with Crippen molar-refractivity contribution in [3.8, 4) is 0 Å². The van der Waals surface area contributed by atoms with Crippen LogP contribution in [0.4, 0.5) is 4.39 Å². The Hall–Kier alpha value is -2.26. The first-order valence-corrected chi connectivity index (χ1v) is 10.3. The molecule has 7 nitrogen and oxygen atoms in total. The summed E-state index contributed by atoms with van der Waals surface area (Å²) in [6.07, 6.45) is 1.86. The van der Waals surface area contributed by atoms with Gasteiger partial charge in [-0.2, -0.15) is 4.68 Å². The summed E-state index contributed by atoms with van der Waals surface area (Å²) in [6, 6.07) is 6.09. The molecular weight excluding hydrogens is 381 g/mol. The van der Waals surface area contributed by atoms with Crippen LogP contribution in [0, 0.1) is 11.7 Å². The number of piperidine rings is 1. The Morgan fingerprint density at radius 1 is 1.36 bits per heavy atom. The zero-order chi connectivity index (χ0) is 19.8. The maximum absolute atomic E-state index is 14.7. The zero-order valence-corrected chi connectivity index (χ0v) is 16.4. The monoisotopic (exact) mass is 403 g/mol. The van der Waals surface area contributed by atoms with Gasteiger partial charge in [0.15, 0.2) is 11.0 Å². The number of halogens is 1. The average molecular weight is 403 g/mol. The number of primary amides is 1. The Bertz CT molecular complexity index is 909. The van der Waals surface area contributed by atoms with E-state index in [1.54, 1.807) is 18.2 Å². The van der Waals surface area contributed by atoms with Crippen LogP contribution in [0.2, 0.25) is 0 Å². The molecule has 0 spiro atoms. The second-order valence-corrected chi connectivity index (χ2v) is 8.24. The molecule has 2 aliphatic rings. The summed E-state index contributed by atoms with van der Waals surface area (Å²) < 4.78 is 16.0. The number of aryl methyl sites for hydroxylation is 1. The number of nitrogens with zero attached hydrogens (tertiary/aromatic N) is 4. The van der Waals surface area contributed by atoms with Crippen LogP contribution in [-0.4, -0.2) is 49.8 Å². The van der Waals surface area contributed by atoms with Crippen molar-refractivity contribution in [2.45, 2.75) is 42.6 Å². The highest BCUT2D eigenvalue weighted by atomic mass is 32.2. The van der Waals surface area contributed by atoms with Crippen LogP contribution in [0.25, 0.3) is 0 Å². The molecule has 2 atom stereocenters. The fourth-order valence-corrected chi connectivity index (χ4v) is 5.18. The number of aromatic nitrogens is 3. The molecule has 1 aromatic heterocycles. The van der Waals surface area contributed by atoms with Crippen LogP contribution in [0.5, 0.6) is 0 Å². The van der Waals surface area contributed by atoms with Gasteiger partial charge in [-0.05, 0) is 32.0 Å². The van der Waals surface area contributed by atoms with Crippen molar-refractivity contribution >= 4 is 23.6 Å². The molecule has 148 valence electrons. The van der Waals surface area contributed by atoms with Gasteiger partial charge in [0.1, 0.15) is 11.1 Å². The minimum atomic E-state index is -0.539. The van der Waals surface area contributed by atoms with Crippen molar-refractivity contribution in [2.24, 2.45) is 11.7 Å². The number of benzene rings is 1. The van der Waals surface area contributed by atoms with E-state index in [1.807, 2.05) is 6.92 Å². The second kappa shape index (κ2) is 7.63. The van der Waals surface area contributed by atoms with E-state index in [0.717, 1.165) is 0 Å². The molecule has 1 aromatic carbocycles. The van der Waals surface area contributed by atoms with E-state index in [-0.39, 0.29) is 23.5 Å². The average Bonchev–Trinajstić information content (AvgIpc) is 3.23. The van der Waals surface area contributed by atoms with Crippen molar-refractivity contribution in [3.05, 3.63) is 41.5 Å². The standard InChI is InChI=1S/C19H22FN5O2S/c1-2-14-22-19-25(23-14)18(27)16(28-19)15(12-5-3-4-6-13(12)20)24-9-7-11(8-10-24)17(21)26/h3-6,11,15-16H,2,7-10H2,1H3,(H2,21,26)/t15-,16?/m1/s1. The number of nitrogens with two attached hydrogens (primary N) is 1. The highest BCUT2D eigenvalue weighted by Gasteiger charge is 2.44. The second-order valence-electron chi connectivity index (χ2n) is 7.13. The molecule has 2 N–H and O–H groups in total. The van der Waals surface area contributed by atoms with Gasteiger partial charge in [0.25, 0.3) is 5.91 Å². The van der Waals surface area contributed by atoms with Crippen molar-refractivity contribution < 1.29 is 14.0 Å². The highest BCUT2D eigenvalue weighted by molar-refractivity contribution is 8.00. The molecule has 1 saturated heterocycles. The molecule has 0 aliphatic carbocycles. The summed E-state index contributed by atoms with van der Waals surface area (Å²) in [7, 11) is 0. The molecule has 2 aromatic rings. The molecule has 28 heavy (non-hydrogen) atoms. The first-order chi connectivity index (χ1) is 13.5. The molecule has 0 radical (unpaired) electrons. The Kier molecular flexibility index (Phi) is 5.20. The Morgan fingerprint density at radius 2 is 2.07 bits per heavy atom. The van der Waals surface area contributed by atoms with Gasteiger partial charge in [-0.25, -0.2) is 9.37 Å². The van der Waals surface area contributed by atoms with E-state index in [2.05, 4.69) is 15.0 Å². The van der Waals surface area contributed by atoms with E-state index in [4.69, 9.17) is 5.73 Å². The normalized spacial score (nSPS) is 21.6.